The first-order valence-corrected chi connectivity index (χ1v) is 16.8. The molecule has 2 amide bonds. The molecular formula is C28H38N2O9Si. The zero-order valence-corrected chi connectivity index (χ0v) is 24.3. The molecule has 0 spiro atoms. The highest BCUT2D eigenvalue weighted by atomic mass is 28.3. The zero-order valence-electron chi connectivity index (χ0n) is 23.3. The number of methoxy groups -OCH3 is 1. The Morgan fingerprint density at radius 2 is 1.75 bits per heavy atom. The van der Waals surface area contributed by atoms with Gasteiger partial charge in [0.2, 0.25) is 0 Å². The maximum absolute atomic E-state index is 13.4. The second kappa shape index (κ2) is 14.3. The topological polar surface area (TPSA) is 144 Å². The summed E-state index contributed by atoms with van der Waals surface area (Å²) in [5.74, 6) is -1.31. The van der Waals surface area contributed by atoms with E-state index in [1.165, 1.54) is 4.90 Å². The fraction of sp³-hybridized carbons (Fsp3) is 0.464. The first-order chi connectivity index (χ1) is 19.0. The largest absolute Gasteiger partial charge is 0.481 e. The van der Waals surface area contributed by atoms with Crippen molar-refractivity contribution in [2.24, 2.45) is 0 Å². The van der Waals surface area contributed by atoms with E-state index in [1.54, 1.807) is 55.6 Å². The summed E-state index contributed by atoms with van der Waals surface area (Å²) in [4.78, 5) is 39.4. The number of aliphatic carboxylic acids is 1. The van der Waals surface area contributed by atoms with Gasteiger partial charge < -0.3 is 34.5 Å². The van der Waals surface area contributed by atoms with Crippen LogP contribution in [0.1, 0.15) is 28.4 Å². The van der Waals surface area contributed by atoms with Crippen molar-refractivity contribution in [1.29, 1.82) is 0 Å². The number of carbonyl (C=O) groups is 3. The second-order valence-corrected chi connectivity index (χ2v) is 16.3. The summed E-state index contributed by atoms with van der Waals surface area (Å²) in [6, 6.07) is 11.7. The van der Waals surface area contributed by atoms with Gasteiger partial charge in [0.1, 0.15) is 5.75 Å². The summed E-state index contributed by atoms with van der Waals surface area (Å²) in [5, 5.41) is 23.9. The number of hydrogen-bond acceptors (Lipinski definition) is 8. The van der Waals surface area contributed by atoms with Crippen LogP contribution in [0.5, 0.6) is 5.75 Å². The van der Waals surface area contributed by atoms with Gasteiger partial charge in [-0.3, -0.25) is 14.5 Å². The van der Waals surface area contributed by atoms with Gasteiger partial charge in [0.05, 0.1) is 50.1 Å². The molecule has 11 nitrogen and oxygen atoms in total. The SMILES string of the molecule is COCCOCOc1ccc2c(c1)[C@H](NC(=O)c1ccccc1)[C@@H](O)[C@H](CC(=O)O)N2C(=O)OCC[Si](C)(C)C. The number of ether oxygens (including phenoxy) is 4. The molecule has 12 heteroatoms. The average Bonchev–Trinajstić information content (AvgIpc) is 2.90. The van der Waals surface area contributed by atoms with Crippen LogP contribution in [0, 0.1) is 0 Å². The molecule has 0 saturated carbocycles. The number of rotatable bonds is 13. The van der Waals surface area contributed by atoms with Crippen molar-refractivity contribution < 1.29 is 43.5 Å². The highest BCUT2D eigenvalue weighted by molar-refractivity contribution is 6.76. The number of aliphatic hydroxyl groups is 1. The van der Waals surface area contributed by atoms with E-state index in [9.17, 15) is 24.6 Å². The van der Waals surface area contributed by atoms with Crippen LogP contribution in [0.3, 0.4) is 0 Å². The molecule has 40 heavy (non-hydrogen) atoms. The van der Waals surface area contributed by atoms with E-state index >= 15 is 0 Å². The Labute approximate surface area is 235 Å². The number of fused-ring (bicyclic) bond motifs is 1. The Bertz CT molecular complexity index is 1160. The van der Waals surface area contributed by atoms with Gasteiger partial charge in [-0.05, 0) is 36.4 Å². The van der Waals surface area contributed by atoms with Crippen LogP contribution >= 0.6 is 0 Å². The van der Waals surface area contributed by atoms with Gasteiger partial charge in [0.25, 0.3) is 5.91 Å². The van der Waals surface area contributed by atoms with Crippen LogP contribution in [0.25, 0.3) is 0 Å². The molecule has 0 aliphatic carbocycles. The van der Waals surface area contributed by atoms with Gasteiger partial charge in [0, 0.05) is 26.3 Å². The molecule has 0 fully saturated rings. The van der Waals surface area contributed by atoms with Gasteiger partial charge in [-0.1, -0.05) is 37.8 Å². The lowest BCUT2D eigenvalue weighted by atomic mass is 9.86. The molecule has 1 aliphatic rings. The number of carboxylic acids is 1. The van der Waals surface area contributed by atoms with Crippen molar-refractivity contribution >= 4 is 31.7 Å². The van der Waals surface area contributed by atoms with Crippen molar-refractivity contribution in [3.8, 4) is 5.75 Å². The third-order valence-electron chi connectivity index (χ3n) is 6.38. The standard InChI is InChI=1S/C28H38N2O9Si/c1-36-12-13-37-18-39-20-10-11-22-21(16-20)25(29-27(34)19-8-6-5-7-9-19)26(33)23(17-24(31)32)30(22)28(35)38-14-15-40(2,3)4/h5-11,16,23,25-26,33H,12-15,17-18H2,1-4H3,(H,29,34)(H,31,32)/t23-,25-,26-/m0/s1. The minimum atomic E-state index is -1.52. The van der Waals surface area contributed by atoms with Crippen molar-refractivity contribution in [2.75, 3.05) is 38.6 Å². The van der Waals surface area contributed by atoms with Crippen LogP contribution in [-0.2, 0) is 19.0 Å². The maximum Gasteiger partial charge on any atom is 0.414 e. The Hall–Kier alpha value is -3.45. The van der Waals surface area contributed by atoms with E-state index in [-0.39, 0.29) is 13.4 Å². The van der Waals surface area contributed by atoms with E-state index in [0.29, 0.717) is 35.8 Å². The lowest BCUT2D eigenvalue weighted by Gasteiger charge is -2.43. The second-order valence-electron chi connectivity index (χ2n) is 10.7. The molecule has 0 saturated heterocycles. The number of hydrogen-bond donors (Lipinski definition) is 3. The summed E-state index contributed by atoms with van der Waals surface area (Å²) in [5.41, 5.74) is 1.04. The predicted molar refractivity (Wildman–Crippen MR) is 150 cm³/mol. The average molecular weight is 575 g/mol. The minimum absolute atomic E-state index is 0.0736. The maximum atomic E-state index is 13.4. The summed E-state index contributed by atoms with van der Waals surface area (Å²) < 4.78 is 21.6. The highest BCUT2D eigenvalue weighted by Gasteiger charge is 2.45. The van der Waals surface area contributed by atoms with Crippen molar-refractivity contribution in [2.45, 2.75) is 50.3 Å². The molecule has 2 aromatic rings. The third-order valence-corrected chi connectivity index (χ3v) is 8.09. The quantitative estimate of drug-likeness (QED) is 0.185. The van der Waals surface area contributed by atoms with Crippen molar-refractivity contribution in [3.05, 3.63) is 59.7 Å². The molecule has 3 rings (SSSR count). The molecule has 0 aromatic heterocycles. The Kier molecular flexibility index (Phi) is 11.1. The smallest absolute Gasteiger partial charge is 0.414 e. The molecule has 0 radical (unpaired) electrons. The van der Waals surface area contributed by atoms with Crippen LogP contribution in [0.2, 0.25) is 25.7 Å². The highest BCUT2D eigenvalue weighted by Crippen LogP contribution is 2.41. The summed E-state index contributed by atoms with van der Waals surface area (Å²) >= 11 is 0. The summed E-state index contributed by atoms with van der Waals surface area (Å²) in [6.45, 7) is 7.26. The number of benzene rings is 2. The molecule has 3 N–H and O–H groups in total. The van der Waals surface area contributed by atoms with E-state index in [4.69, 9.17) is 18.9 Å². The van der Waals surface area contributed by atoms with Crippen LogP contribution in [-0.4, -0.2) is 82.1 Å². The molecule has 3 atom stereocenters. The van der Waals surface area contributed by atoms with Crippen LogP contribution in [0.4, 0.5) is 10.5 Å². The molecule has 218 valence electrons. The number of anilines is 1. The van der Waals surface area contributed by atoms with Gasteiger partial charge in [-0.15, -0.1) is 0 Å². The van der Waals surface area contributed by atoms with Crippen LogP contribution in [0.15, 0.2) is 48.5 Å². The van der Waals surface area contributed by atoms with E-state index in [0.717, 1.165) is 6.04 Å². The van der Waals surface area contributed by atoms with Crippen molar-refractivity contribution in [1.82, 2.24) is 5.32 Å². The molecule has 2 aromatic carbocycles. The predicted octanol–water partition coefficient (Wildman–Crippen LogP) is 3.66. The molecular weight excluding hydrogens is 536 g/mol. The number of nitrogens with zero attached hydrogens (tertiary/aromatic N) is 1. The molecule has 1 aliphatic heterocycles. The fourth-order valence-electron chi connectivity index (χ4n) is 4.26. The van der Waals surface area contributed by atoms with E-state index in [2.05, 4.69) is 25.0 Å². The summed E-state index contributed by atoms with van der Waals surface area (Å²) in [6.07, 6.45) is -2.80. The number of carboxylic acid groups (broad SMARTS) is 1. The third kappa shape index (κ3) is 8.52. The lowest BCUT2D eigenvalue weighted by molar-refractivity contribution is -0.138. The van der Waals surface area contributed by atoms with E-state index in [1.807, 2.05) is 0 Å². The van der Waals surface area contributed by atoms with Gasteiger partial charge >= 0.3 is 12.1 Å². The molecule has 0 bridgehead atoms. The molecule has 0 unspecified atom stereocenters. The number of nitrogens with one attached hydrogen (secondary N) is 1. The normalized spacial score (nSPS) is 18.5. The zero-order chi connectivity index (χ0) is 29.3. The monoisotopic (exact) mass is 574 g/mol. The first kappa shape index (κ1) is 31.1. The van der Waals surface area contributed by atoms with Crippen molar-refractivity contribution in [3.63, 3.8) is 0 Å². The van der Waals surface area contributed by atoms with E-state index < -0.39 is 50.7 Å². The Morgan fingerprint density at radius 1 is 1.02 bits per heavy atom. The van der Waals surface area contributed by atoms with Gasteiger partial charge in [-0.2, -0.15) is 0 Å². The number of amides is 2. The number of carbonyl (C=O) groups excluding carboxylic acids is 2. The fourth-order valence-corrected chi connectivity index (χ4v) is 4.97. The molecule has 1 heterocycles. The lowest BCUT2D eigenvalue weighted by Crippen LogP contribution is -2.57. The van der Waals surface area contributed by atoms with Gasteiger partial charge in [-0.25, -0.2) is 4.79 Å². The Morgan fingerprint density at radius 3 is 2.40 bits per heavy atom. The first-order valence-electron chi connectivity index (χ1n) is 13.1. The number of aliphatic hydroxyl groups excluding tert-OH is 1. The van der Waals surface area contributed by atoms with Gasteiger partial charge in [0.15, 0.2) is 6.79 Å². The summed E-state index contributed by atoms with van der Waals surface area (Å²) in [7, 11) is 0.0423. The van der Waals surface area contributed by atoms with Crippen LogP contribution < -0.4 is 15.0 Å². The minimum Gasteiger partial charge on any atom is -0.481 e. The Balaban J connectivity index is 1.98.